The van der Waals surface area contributed by atoms with E-state index >= 15 is 0 Å². The van der Waals surface area contributed by atoms with Gasteiger partial charge < -0.3 is 19.7 Å². The maximum atomic E-state index is 13.4. The Morgan fingerprint density at radius 3 is 2.32 bits per heavy atom. The fraction of sp³-hybridized carbons (Fsp3) is 0.342. The molecule has 5 nitrogen and oxygen atoms in total. The predicted molar refractivity (Wildman–Crippen MR) is 180 cm³/mol. The van der Waals surface area contributed by atoms with Gasteiger partial charge in [0.1, 0.15) is 11.5 Å². The zero-order valence-electron chi connectivity index (χ0n) is 26.3. The highest BCUT2D eigenvalue weighted by Crippen LogP contribution is 2.57. The van der Waals surface area contributed by atoms with E-state index in [4.69, 9.17) is 21.1 Å². The Balaban J connectivity index is 1.46. The van der Waals surface area contributed by atoms with Gasteiger partial charge >= 0.3 is 5.97 Å². The predicted octanol–water partition coefficient (Wildman–Crippen LogP) is 10.5. The Labute approximate surface area is 266 Å². The van der Waals surface area contributed by atoms with Crippen molar-refractivity contribution >= 4 is 34.6 Å². The van der Waals surface area contributed by atoms with Gasteiger partial charge in [0, 0.05) is 56.9 Å². The van der Waals surface area contributed by atoms with Crippen LogP contribution in [0.3, 0.4) is 0 Å². The van der Waals surface area contributed by atoms with Crippen LogP contribution in [0.5, 0.6) is 11.5 Å². The van der Waals surface area contributed by atoms with E-state index in [2.05, 4.69) is 69.1 Å². The fourth-order valence-electron chi connectivity index (χ4n) is 6.52. The van der Waals surface area contributed by atoms with E-state index in [1.807, 2.05) is 54.6 Å². The van der Waals surface area contributed by atoms with E-state index in [-0.39, 0.29) is 11.5 Å². The van der Waals surface area contributed by atoms with E-state index in [1.54, 1.807) is 0 Å². The smallest absolute Gasteiger partial charge is 0.340 e. The molecule has 2 heterocycles. The second kappa shape index (κ2) is 11.9. The number of aryl methyl sites for hydroxylation is 1. The standard InChI is InChI=1S/C38H41ClN2O3/c1-6-7-8-9-12-21-41(37(3,4)5)28-19-20-31-35(23-28)43-34-22-25(2)33(40-27-17-15-26(39)16-18-27)24-32(34)38(31)30-14-11-10-13-29(30)36(42)44-38/h10-11,13-20,22-24,40H,6-9,12,21H2,1-5H3. The monoisotopic (exact) mass is 608 g/mol. The molecule has 1 spiro atoms. The summed E-state index contributed by atoms with van der Waals surface area (Å²) in [5.74, 6) is 1.05. The summed E-state index contributed by atoms with van der Waals surface area (Å²) in [7, 11) is 0. The van der Waals surface area contributed by atoms with Crippen LogP contribution in [0.1, 0.15) is 92.4 Å². The third-order valence-electron chi connectivity index (χ3n) is 8.77. The lowest BCUT2D eigenvalue weighted by Crippen LogP contribution is -2.42. The van der Waals surface area contributed by atoms with Crippen molar-refractivity contribution in [1.82, 2.24) is 0 Å². The van der Waals surface area contributed by atoms with Crippen LogP contribution >= 0.6 is 11.6 Å². The number of rotatable bonds is 9. The highest BCUT2D eigenvalue weighted by Gasteiger charge is 2.53. The van der Waals surface area contributed by atoms with Crippen molar-refractivity contribution in [2.75, 3.05) is 16.8 Å². The van der Waals surface area contributed by atoms with Gasteiger partial charge in [0.2, 0.25) is 0 Å². The summed E-state index contributed by atoms with van der Waals surface area (Å²) in [5.41, 5.74) is 5.73. The molecule has 0 fully saturated rings. The molecule has 44 heavy (non-hydrogen) atoms. The van der Waals surface area contributed by atoms with Gasteiger partial charge in [-0.2, -0.15) is 0 Å². The third kappa shape index (κ3) is 5.43. The third-order valence-corrected chi connectivity index (χ3v) is 9.02. The Kier molecular flexibility index (Phi) is 8.10. The normalized spacial score (nSPS) is 16.5. The molecule has 0 saturated heterocycles. The molecule has 2 aliphatic heterocycles. The number of nitrogens with one attached hydrogen (secondary N) is 1. The van der Waals surface area contributed by atoms with Crippen LogP contribution in [0.2, 0.25) is 5.02 Å². The molecular formula is C38H41ClN2O3. The van der Waals surface area contributed by atoms with Crippen LogP contribution in [-0.4, -0.2) is 18.1 Å². The Morgan fingerprint density at radius 1 is 0.841 bits per heavy atom. The summed E-state index contributed by atoms with van der Waals surface area (Å²) < 4.78 is 13.2. The molecule has 0 radical (unpaired) electrons. The molecule has 6 heteroatoms. The number of nitrogens with zero attached hydrogens (tertiary/aromatic N) is 1. The molecule has 2 aliphatic rings. The molecule has 0 saturated carbocycles. The number of hydrogen-bond acceptors (Lipinski definition) is 5. The van der Waals surface area contributed by atoms with Crippen LogP contribution in [0.4, 0.5) is 17.1 Å². The van der Waals surface area contributed by atoms with Gasteiger partial charge in [-0.3, -0.25) is 0 Å². The lowest BCUT2D eigenvalue weighted by atomic mass is 9.77. The van der Waals surface area contributed by atoms with E-state index in [1.165, 1.54) is 25.7 Å². The van der Waals surface area contributed by atoms with Gasteiger partial charge in [0.15, 0.2) is 5.60 Å². The van der Waals surface area contributed by atoms with Gasteiger partial charge in [-0.25, -0.2) is 4.79 Å². The molecule has 1 N–H and O–H groups in total. The number of anilines is 3. The van der Waals surface area contributed by atoms with Crippen molar-refractivity contribution in [2.24, 2.45) is 0 Å². The molecule has 0 bridgehead atoms. The van der Waals surface area contributed by atoms with Crippen molar-refractivity contribution in [3.63, 3.8) is 0 Å². The maximum absolute atomic E-state index is 13.4. The van der Waals surface area contributed by atoms with Gasteiger partial charge in [-0.15, -0.1) is 0 Å². The number of unbranched alkanes of at least 4 members (excludes halogenated alkanes) is 4. The summed E-state index contributed by atoms with van der Waals surface area (Å²) in [6.45, 7) is 12.0. The number of fused-ring (bicyclic) bond motifs is 6. The maximum Gasteiger partial charge on any atom is 0.340 e. The van der Waals surface area contributed by atoms with Crippen molar-refractivity contribution in [2.45, 2.75) is 77.9 Å². The molecular weight excluding hydrogens is 568 g/mol. The molecule has 4 aromatic rings. The van der Waals surface area contributed by atoms with Crippen molar-refractivity contribution in [3.8, 4) is 11.5 Å². The van der Waals surface area contributed by atoms with Crippen LogP contribution < -0.4 is 15.0 Å². The highest BCUT2D eigenvalue weighted by molar-refractivity contribution is 6.30. The number of halogens is 1. The summed E-state index contributed by atoms with van der Waals surface area (Å²) in [4.78, 5) is 15.9. The summed E-state index contributed by atoms with van der Waals surface area (Å²) in [6.07, 6.45) is 6.13. The summed E-state index contributed by atoms with van der Waals surface area (Å²) in [6, 6.07) is 25.8. The van der Waals surface area contributed by atoms with Crippen LogP contribution in [0, 0.1) is 6.92 Å². The number of carbonyl (C=O) groups excluding carboxylic acids is 1. The van der Waals surface area contributed by atoms with Crippen molar-refractivity contribution < 1.29 is 14.3 Å². The second-order valence-corrected chi connectivity index (χ2v) is 13.4. The first-order valence-electron chi connectivity index (χ1n) is 15.7. The molecule has 0 amide bonds. The van der Waals surface area contributed by atoms with Gasteiger partial charge in [-0.1, -0.05) is 62.4 Å². The average molecular weight is 609 g/mol. The molecule has 0 aliphatic carbocycles. The lowest BCUT2D eigenvalue weighted by molar-refractivity contribution is 0.0224. The highest BCUT2D eigenvalue weighted by atomic mass is 35.5. The number of hydrogen-bond donors (Lipinski definition) is 1. The number of ether oxygens (including phenoxy) is 2. The number of esters is 1. The minimum atomic E-state index is -1.13. The Bertz CT molecular complexity index is 1690. The zero-order valence-corrected chi connectivity index (χ0v) is 27.1. The van der Waals surface area contributed by atoms with Crippen LogP contribution in [-0.2, 0) is 10.3 Å². The van der Waals surface area contributed by atoms with Crippen LogP contribution in [0.15, 0.2) is 78.9 Å². The molecule has 6 rings (SSSR count). The first kappa shape index (κ1) is 30.1. The Morgan fingerprint density at radius 2 is 1.57 bits per heavy atom. The van der Waals surface area contributed by atoms with E-state index in [9.17, 15) is 4.79 Å². The van der Waals surface area contributed by atoms with E-state index in [0.717, 1.165) is 52.3 Å². The molecule has 4 aromatic carbocycles. The minimum Gasteiger partial charge on any atom is -0.456 e. The zero-order chi connectivity index (χ0) is 31.1. The quantitative estimate of drug-likeness (QED) is 0.151. The summed E-state index contributed by atoms with van der Waals surface area (Å²) in [5, 5.41) is 4.20. The first-order valence-corrected chi connectivity index (χ1v) is 16.1. The molecule has 228 valence electrons. The largest absolute Gasteiger partial charge is 0.456 e. The van der Waals surface area contributed by atoms with Gasteiger partial charge in [-0.05, 0) is 94.3 Å². The average Bonchev–Trinajstić information content (AvgIpc) is 3.28. The second-order valence-electron chi connectivity index (χ2n) is 12.9. The molecule has 0 aromatic heterocycles. The fourth-order valence-corrected chi connectivity index (χ4v) is 6.65. The first-order chi connectivity index (χ1) is 21.1. The van der Waals surface area contributed by atoms with Crippen molar-refractivity contribution in [1.29, 1.82) is 0 Å². The molecule has 1 unspecified atom stereocenters. The minimum absolute atomic E-state index is 0.0749. The number of carbonyl (C=O) groups is 1. The van der Waals surface area contributed by atoms with E-state index < -0.39 is 5.60 Å². The molecule has 1 atom stereocenters. The number of benzene rings is 4. The topological polar surface area (TPSA) is 50.8 Å². The Hall–Kier alpha value is -3.96. The van der Waals surface area contributed by atoms with E-state index in [0.29, 0.717) is 22.1 Å². The van der Waals surface area contributed by atoms with Crippen molar-refractivity contribution in [3.05, 3.63) is 112 Å². The summed E-state index contributed by atoms with van der Waals surface area (Å²) >= 11 is 6.13. The van der Waals surface area contributed by atoms with Gasteiger partial charge in [0.05, 0.1) is 5.56 Å². The van der Waals surface area contributed by atoms with Crippen LogP contribution in [0.25, 0.3) is 0 Å². The lowest BCUT2D eigenvalue weighted by Gasteiger charge is -2.40. The SMILES string of the molecule is CCCCCCCN(c1ccc2c(c1)Oc1cc(C)c(Nc3ccc(Cl)cc3)cc1C21OC(=O)c2ccccc21)C(C)(C)C. The van der Waals surface area contributed by atoms with Gasteiger partial charge in [0.25, 0.3) is 0 Å².